The topological polar surface area (TPSA) is 85.7 Å². The van der Waals surface area contributed by atoms with E-state index in [1.54, 1.807) is 31.9 Å². The van der Waals surface area contributed by atoms with E-state index in [1.165, 1.54) is 0 Å². The lowest BCUT2D eigenvalue weighted by Crippen LogP contribution is -2.09. The number of aliphatic hydroxyl groups is 1. The van der Waals surface area contributed by atoms with E-state index in [0.29, 0.717) is 11.5 Å². The van der Waals surface area contributed by atoms with Crippen LogP contribution in [0.3, 0.4) is 0 Å². The van der Waals surface area contributed by atoms with Gasteiger partial charge in [-0.1, -0.05) is 18.2 Å². The van der Waals surface area contributed by atoms with E-state index in [0.717, 1.165) is 38.5 Å². The molecule has 0 bridgehead atoms. The summed E-state index contributed by atoms with van der Waals surface area (Å²) in [5.41, 5.74) is 3.18. The first-order chi connectivity index (χ1) is 15.6. The minimum atomic E-state index is -0.0518. The third-order valence-electron chi connectivity index (χ3n) is 5.16. The highest BCUT2D eigenvalue weighted by atomic mass is 32.1. The van der Waals surface area contributed by atoms with Crippen LogP contribution in [-0.4, -0.2) is 42.5 Å². The predicted octanol–water partition coefficient (Wildman–Crippen LogP) is 4.92. The van der Waals surface area contributed by atoms with Gasteiger partial charge in [-0.15, -0.1) is 11.3 Å². The molecule has 8 heteroatoms. The Hall–Kier alpha value is -3.36. The minimum absolute atomic E-state index is 0.0440. The Morgan fingerprint density at radius 1 is 1.03 bits per heavy atom. The summed E-state index contributed by atoms with van der Waals surface area (Å²) in [6, 6.07) is 13.7. The molecule has 1 atom stereocenters. The minimum Gasteiger partial charge on any atom is -0.497 e. The number of anilines is 1. The molecule has 4 rings (SSSR count). The Balaban J connectivity index is 1.65. The average Bonchev–Trinajstić information content (AvgIpc) is 3.28. The molecular weight excluding hydrogens is 426 g/mol. The van der Waals surface area contributed by atoms with Gasteiger partial charge in [0, 0.05) is 10.9 Å². The van der Waals surface area contributed by atoms with Gasteiger partial charge in [0.05, 0.1) is 32.3 Å². The fourth-order valence-corrected chi connectivity index (χ4v) is 4.40. The molecule has 0 aliphatic heterocycles. The molecule has 2 N–H and O–H groups in total. The van der Waals surface area contributed by atoms with E-state index in [9.17, 15) is 0 Å². The zero-order chi connectivity index (χ0) is 22.5. The van der Waals surface area contributed by atoms with Gasteiger partial charge in [0.2, 0.25) is 0 Å². The van der Waals surface area contributed by atoms with Crippen LogP contribution in [0.15, 0.2) is 54.2 Å². The maximum atomic E-state index is 9.00. The van der Waals surface area contributed by atoms with Gasteiger partial charge < -0.3 is 24.6 Å². The number of rotatable bonds is 9. The molecule has 0 radical (unpaired) electrons. The van der Waals surface area contributed by atoms with E-state index < -0.39 is 0 Å². The molecule has 0 saturated heterocycles. The average molecular weight is 452 g/mol. The second kappa shape index (κ2) is 9.84. The molecule has 32 heavy (non-hydrogen) atoms. The van der Waals surface area contributed by atoms with Crippen molar-refractivity contribution in [2.24, 2.45) is 0 Å². The van der Waals surface area contributed by atoms with Gasteiger partial charge in [-0.25, -0.2) is 9.97 Å². The monoisotopic (exact) mass is 451 g/mol. The van der Waals surface area contributed by atoms with Crippen LogP contribution in [0.25, 0.3) is 21.3 Å². The van der Waals surface area contributed by atoms with Crippen molar-refractivity contribution in [2.75, 3.05) is 32.8 Å². The molecule has 1 unspecified atom stereocenters. The van der Waals surface area contributed by atoms with Gasteiger partial charge in [-0.05, 0) is 42.3 Å². The van der Waals surface area contributed by atoms with Crippen molar-refractivity contribution < 1.29 is 19.3 Å². The van der Waals surface area contributed by atoms with E-state index >= 15 is 0 Å². The second-order valence-corrected chi connectivity index (χ2v) is 7.99. The van der Waals surface area contributed by atoms with Gasteiger partial charge in [-0.3, -0.25) is 0 Å². The maximum Gasteiger partial charge on any atom is 0.161 e. The second-order valence-electron chi connectivity index (χ2n) is 7.13. The summed E-state index contributed by atoms with van der Waals surface area (Å²) in [6.07, 6.45) is 1.58. The van der Waals surface area contributed by atoms with E-state index in [1.807, 2.05) is 42.5 Å². The van der Waals surface area contributed by atoms with Crippen LogP contribution in [0.1, 0.15) is 18.5 Å². The molecule has 2 heterocycles. The largest absolute Gasteiger partial charge is 0.497 e. The summed E-state index contributed by atoms with van der Waals surface area (Å²) in [7, 11) is 3.26. The highest BCUT2D eigenvalue weighted by molar-refractivity contribution is 7.17. The zero-order valence-electron chi connectivity index (χ0n) is 18.2. The Morgan fingerprint density at radius 3 is 2.56 bits per heavy atom. The van der Waals surface area contributed by atoms with Crippen LogP contribution < -0.4 is 19.5 Å². The highest BCUT2D eigenvalue weighted by Crippen LogP contribution is 2.38. The van der Waals surface area contributed by atoms with Crippen molar-refractivity contribution in [2.45, 2.75) is 13.0 Å². The molecule has 0 amide bonds. The molecule has 7 nitrogen and oxygen atoms in total. The summed E-state index contributed by atoms with van der Waals surface area (Å²) in [4.78, 5) is 9.92. The maximum absolute atomic E-state index is 9.00. The molecule has 2 aromatic carbocycles. The molecule has 0 saturated carbocycles. The number of aliphatic hydroxyl groups excluding tert-OH is 1. The van der Waals surface area contributed by atoms with Crippen LogP contribution in [0.2, 0.25) is 0 Å². The van der Waals surface area contributed by atoms with Crippen LogP contribution >= 0.6 is 11.3 Å². The van der Waals surface area contributed by atoms with Gasteiger partial charge in [0.25, 0.3) is 0 Å². The summed E-state index contributed by atoms with van der Waals surface area (Å²) in [5, 5.41) is 15.6. The van der Waals surface area contributed by atoms with Crippen LogP contribution in [0.4, 0.5) is 5.82 Å². The normalized spacial score (nSPS) is 11.9. The highest BCUT2D eigenvalue weighted by Gasteiger charge is 2.17. The molecule has 0 aliphatic carbocycles. The lowest BCUT2D eigenvalue weighted by molar-refractivity contribution is 0.196. The quantitative estimate of drug-likeness (QED) is 0.374. The third-order valence-corrected chi connectivity index (χ3v) is 6.05. The number of methoxy groups -OCH3 is 2. The number of hydrogen-bond acceptors (Lipinski definition) is 8. The molecule has 2 aromatic heterocycles. The fraction of sp³-hybridized carbons (Fsp3) is 0.250. The first-order valence-corrected chi connectivity index (χ1v) is 11.1. The van der Waals surface area contributed by atoms with E-state index in [-0.39, 0.29) is 19.3 Å². The molecule has 4 aromatic rings. The van der Waals surface area contributed by atoms with Crippen molar-refractivity contribution in [3.05, 3.63) is 59.7 Å². The van der Waals surface area contributed by atoms with Crippen molar-refractivity contribution >= 4 is 27.4 Å². The number of nitrogens with one attached hydrogen (secondary N) is 1. The summed E-state index contributed by atoms with van der Waals surface area (Å²) in [6.45, 7) is 2.23. The van der Waals surface area contributed by atoms with Crippen molar-refractivity contribution in [3.8, 4) is 28.4 Å². The van der Waals surface area contributed by atoms with Crippen molar-refractivity contribution in [1.82, 2.24) is 9.97 Å². The number of aromatic nitrogens is 2. The number of fused-ring (bicyclic) bond motifs is 1. The molecule has 0 aliphatic rings. The Labute approximate surface area is 190 Å². The zero-order valence-corrected chi connectivity index (χ0v) is 19.0. The Bertz CT molecular complexity index is 1190. The lowest BCUT2D eigenvalue weighted by atomic mass is 10.0. The third kappa shape index (κ3) is 4.46. The first kappa shape index (κ1) is 21.9. The molecule has 0 spiro atoms. The van der Waals surface area contributed by atoms with Crippen LogP contribution in [-0.2, 0) is 0 Å². The molecule has 166 valence electrons. The van der Waals surface area contributed by atoms with Gasteiger partial charge in [0.1, 0.15) is 29.3 Å². The predicted molar refractivity (Wildman–Crippen MR) is 127 cm³/mol. The number of thiophene rings is 1. The summed E-state index contributed by atoms with van der Waals surface area (Å²) >= 11 is 1.59. The summed E-state index contributed by atoms with van der Waals surface area (Å²) < 4.78 is 16.3. The van der Waals surface area contributed by atoms with E-state index in [2.05, 4.69) is 27.6 Å². The van der Waals surface area contributed by atoms with Crippen molar-refractivity contribution in [3.63, 3.8) is 0 Å². The van der Waals surface area contributed by atoms with Gasteiger partial charge >= 0.3 is 0 Å². The number of nitrogens with zero attached hydrogens (tertiary/aromatic N) is 2. The number of hydrogen-bond donors (Lipinski definition) is 2. The Morgan fingerprint density at radius 2 is 1.84 bits per heavy atom. The molecule has 0 fully saturated rings. The van der Waals surface area contributed by atoms with Crippen LogP contribution in [0, 0.1) is 0 Å². The fourth-order valence-electron chi connectivity index (χ4n) is 3.48. The Kier molecular flexibility index (Phi) is 6.72. The molecular formula is C24H25N3O4S. The smallest absolute Gasteiger partial charge is 0.161 e. The standard InChI is InChI=1S/C24H25N3O4S/c1-15(17-6-9-20(31-11-10-28)21(12-17)30-3)27-23-22-19(13-32-24(22)26-14-25-23)16-4-7-18(29-2)8-5-16/h4-9,12-15,28H,10-11H2,1-3H3,(H,25,26,27). The van der Waals surface area contributed by atoms with E-state index in [4.69, 9.17) is 19.3 Å². The van der Waals surface area contributed by atoms with Gasteiger partial charge in [0.15, 0.2) is 11.5 Å². The number of ether oxygens (including phenoxy) is 3. The lowest BCUT2D eigenvalue weighted by Gasteiger charge is -2.18. The summed E-state index contributed by atoms with van der Waals surface area (Å²) in [5.74, 6) is 2.81. The number of benzene rings is 2. The first-order valence-electron chi connectivity index (χ1n) is 10.2. The van der Waals surface area contributed by atoms with Crippen molar-refractivity contribution in [1.29, 1.82) is 0 Å². The van der Waals surface area contributed by atoms with Gasteiger partial charge in [-0.2, -0.15) is 0 Å². The SMILES string of the molecule is COc1ccc(-c2csc3ncnc(NC(C)c4ccc(OCCO)c(OC)c4)c23)cc1. The van der Waals surface area contributed by atoms with Crippen LogP contribution in [0.5, 0.6) is 17.2 Å².